The zero-order chi connectivity index (χ0) is 13.8. The van der Waals surface area contributed by atoms with Crippen molar-refractivity contribution in [3.05, 3.63) is 23.8 Å². The largest absolute Gasteiger partial charge is 0.496 e. The summed E-state index contributed by atoms with van der Waals surface area (Å²) in [6.45, 7) is 3.63. The standard InChI is InChI=1S/C15H24N2O2/c1-11(16)15-13(5-4-6-14(15)19-3)17(9-10-18-2)12-7-8-12/h4-6,11-12H,7-10,16H2,1-3H3/t11-/m1/s1. The molecule has 1 saturated carbocycles. The van der Waals surface area contributed by atoms with Gasteiger partial charge in [-0.25, -0.2) is 0 Å². The molecule has 1 atom stereocenters. The quantitative estimate of drug-likeness (QED) is 0.821. The van der Waals surface area contributed by atoms with Crippen LogP contribution in [-0.4, -0.2) is 33.4 Å². The Kier molecular flexibility index (Phi) is 4.66. The lowest BCUT2D eigenvalue weighted by Gasteiger charge is -2.29. The van der Waals surface area contributed by atoms with Crippen LogP contribution in [0.1, 0.15) is 31.4 Å². The van der Waals surface area contributed by atoms with Crippen molar-refractivity contribution < 1.29 is 9.47 Å². The number of anilines is 1. The number of ether oxygens (including phenoxy) is 2. The molecule has 0 aliphatic heterocycles. The number of nitrogens with two attached hydrogens (primary N) is 1. The third-order valence-corrected chi connectivity index (χ3v) is 3.55. The van der Waals surface area contributed by atoms with E-state index in [1.165, 1.54) is 18.5 Å². The Morgan fingerprint density at radius 1 is 1.37 bits per heavy atom. The zero-order valence-electron chi connectivity index (χ0n) is 12.1. The van der Waals surface area contributed by atoms with E-state index in [-0.39, 0.29) is 6.04 Å². The smallest absolute Gasteiger partial charge is 0.125 e. The van der Waals surface area contributed by atoms with Crippen molar-refractivity contribution in [1.82, 2.24) is 0 Å². The first-order valence-corrected chi connectivity index (χ1v) is 6.87. The summed E-state index contributed by atoms with van der Waals surface area (Å²) in [5.41, 5.74) is 8.42. The van der Waals surface area contributed by atoms with Crippen LogP contribution in [0.15, 0.2) is 18.2 Å². The van der Waals surface area contributed by atoms with Gasteiger partial charge in [0.15, 0.2) is 0 Å². The van der Waals surface area contributed by atoms with Gasteiger partial charge in [0.25, 0.3) is 0 Å². The van der Waals surface area contributed by atoms with E-state index in [1.54, 1.807) is 14.2 Å². The summed E-state index contributed by atoms with van der Waals surface area (Å²) < 4.78 is 10.7. The second kappa shape index (κ2) is 6.26. The topological polar surface area (TPSA) is 47.7 Å². The molecule has 4 heteroatoms. The highest BCUT2D eigenvalue weighted by molar-refractivity contribution is 5.62. The van der Waals surface area contributed by atoms with Crippen molar-refractivity contribution in [2.24, 2.45) is 5.73 Å². The first-order chi connectivity index (χ1) is 9.19. The summed E-state index contributed by atoms with van der Waals surface area (Å²) in [6.07, 6.45) is 2.50. The summed E-state index contributed by atoms with van der Waals surface area (Å²) in [7, 11) is 3.44. The molecule has 19 heavy (non-hydrogen) atoms. The van der Waals surface area contributed by atoms with Gasteiger partial charge >= 0.3 is 0 Å². The Balaban J connectivity index is 2.34. The Bertz CT molecular complexity index is 417. The number of benzene rings is 1. The summed E-state index contributed by atoms with van der Waals surface area (Å²) in [5.74, 6) is 0.871. The van der Waals surface area contributed by atoms with E-state index in [0.29, 0.717) is 6.04 Å². The van der Waals surface area contributed by atoms with Crippen LogP contribution in [0.5, 0.6) is 5.75 Å². The fraction of sp³-hybridized carbons (Fsp3) is 0.600. The second-order valence-electron chi connectivity index (χ2n) is 5.10. The molecule has 0 unspecified atom stereocenters. The molecule has 1 aromatic rings. The molecule has 2 N–H and O–H groups in total. The Morgan fingerprint density at radius 3 is 2.63 bits per heavy atom. The van der Waals surface area contributed by atoms with Gasteiger partial charge in [-0.1, -0.05) is 6.07 Å². The predicted octanol–water partition coefficient (Wildman–Crippen LogP) is 2.33. The van der Waals surface area contributed by atoms with E-state index in [1.807, 2.05) is 19.1 Å². The minimum absolute atomic E-state index is 0.0463. The van der Waals surface area contributed by atoms with Gasteiger partial charge in [-0.15, -0.1) is 0 Å². The van der Waals surface area contributed by atoms with Crippen molar-refractivity contribution in [3.63, 3.8) is 0 Å². The van der Waals surface area contributed by atoms with Gasteiger partial charge in [0, 0.05) is 37.0 Å². The molecule has 4 nitrogen and oxygen atoms in total. The Labute approximate surface area is 115 Å². The van der Waals surface area contributed by atoms with Gasteiger partial charge in [0.2, 0.25) is 0 Å². The minimum atomic E-state index is -0.0463. The highest BCUT2D eigenvalue weighted by Crippen LogP contribution is 2.38. The fourth-order valence-electron chi connectivity index (χ4n) is 2.49. The average Bonchev–Trinajstić information content (AvgIpc) is 3.23. The van der Waals surface area contributed by atoms with Gasteiger partial charge in [-0.05, 0) is 31.9 Å². The molecule has 2 rings (SSSR count). The number of hydrogen-bond acceptors (Lipinski definition) is 4. The number of rotatable bonds is 7. The van der Waals surface area contributed by atoms with Crippen LogP contribution in [0.2, 0.25) is 0 Å². The summed E-state index contributed by atoms with van der Waals surface area (Å²) in [6, 6.07) is 6.72. The van der Waals surface area contributed by atoms with Crippen LogP contribution in [0.25, 0.3) is 0 Å². The van der Waals surface area contributed by atoms with E-state index in [9.17, 15) is 0 Å². The Morgan fingerprint density at radius 2 is 2.11 bits per heavy atom. The fourth-order valence-corrected chi connectivity index (χ4v) is 2.49. The molecule has 1 fully saturated rings. The monoisotopic (exact) mass is 264 g/mol. The third kappa shape index (κ3) is 3.19. The normalized spacial score (nSPS) is 16.2. The first kappa shape index (κ1) is 14.2. The molecule has 1 aliphatic rings. The van der Waals surface area contributed by atoms with Crippen molar-refractivity contribution in [1.29, 1.82) is 0 Å². The van der Waals surface area contributed by atoms with Gasteiger partial charge in [-0.3, -0.25) is 0 Å². The van der Waals surface area contributed by atoms with Crippen LogP contribution in [-0.2, 0) is 4.74 Å². The molecular formula is C15H24N2O2. The van der Waals surface area contributed by atoms with Crippen molar-refractivity contribution in [2.45, 2.75) is 31.8 Å². The molecule has 0 aromatic heterocycles. The van der Waals surface area contributed by atoms with Crippen molar-refractivity contribution in [2.75, 3.05) is 32.3 Å². The molecule has 106 valence electrons. The molecular weight excluding hydrogens is 240 g/mol. The predicted molar refractivity (Wildman–Crippen MR) is 77.8 cm³/mol. The lowest BCUT2D eigenvalue weighted by molar-refractivity contribution is 0.205. The maximum atomic E-state index is 6.14. The molecule has 0 amide bonds. The highest BCUT2D eigenvalue weighted by Gasteiger charge is 2.31. The van der Waals surface area contributed by atoms with E-state index in [2.05, 4.69) is 11.0 Å². The van der Waals surface area contributed by atoms with Crippen molar-refractivity contribution in [3.8, 4) is 5.75 Å². The van der Waals surface area contributed by atoms with E-state index in [4.69, 9.17) is 15.2 Å². The molecule has 1 aromatic carbocycles. The average molecular weight is 264 g/mol. The minimum Gasteiger partial charge on any atom is -0.496 e. The number of nitrogens with zero attached hydrogens (tertiary/aromatic N) is 1. The maximum absolute atomic E-state index is 6.14. The van der Waals surface area contributed by atoms with E-state index >= 15 is 0 Å². The molecule has 0 spiro atoms. The molecule has 0 bridgehead atoms. The zero-order valence-corrected chi connectivity index (χ0v) is 12.1. The SMILES string of the molecule is COCCN(c1cccc(OC)c1[C@@H](C)N)C1CC1. The molecule has 0 radical (unpaired) electrons. The van der Waals surface area contributed by atoms with E-state index < -0.39 is 0 Å². The van der Waals surface area contributed by atoms with Gasteiger partial charge in [-0.2, -0.15) is 0 Å². The molecule has 0 heterocycles. The summed E-state index contributed by atoms with van der Waals surface area (Å²) in [5, 5.41) is 0. The lowest BCUT2D eigenvalue weighted by Crippen LogP contribution is -2.31. The second-order valence-corrected chi connectivity index (χ2v) is 5.10. The van der Waals surface area contributed by atoms with Crippen LogP contribution >= 0.6 is 0 Å². The first-order valence-electron chi connectivity index (χ1n) is 6.87. The Hall–Kier alpha value is -1.26. The van der Waals surface area contributed by atoms with Crippen LogP contribution in [0.3, 0.4) is 0 Å². The molecule has 1 aliphatic carbocycles. The maximum Gasteiger partial charge on any atom is 0.125 e. The van der Waals surface area contributed by atoms with Crippen molar-refractivity contribution >= 4 is 5.69 Å². The highest BCUT2D eigenvalue weighted by atomic mass is 16.5. The lowest BCUT2D eigenvalue weighted by atomic mass is 10.0. The van der Waals surface area contributed by atoms with E-state index in [0.717, 1.165) is 24.5 Å². The van der Waals surface area contributed by atoms with Gasteiger partial charge < -0.3 is 20.1 Å². The van der Waals surface area contributed by atoms with Gasteiger partial charge in [0.1, 0.15) is 5.75 Å². The van der Waals surface area contributed by atoms with Crippen LogP contribution in [0.4, 0.5) is 5.69 Å². The number of methoxy groups -OCH3 is 2. The third-order valence-electron chi connectivity index (χ3n) is 3.55. The van der Waals surface area contributed by atoms with Gasteiger partial charge in [0.05, 0.1) is 13.7 Å². The summed E-state index contributed by atoms with van der Waals surface area (Å²) in [4.78, 5) is 2.41. The van der Waals surface area contributed by atoms with Crippen LogP contribution < -0.4 is 15.4 Å². The number of hydrogen-bond donors (Lipinski definition) is 1. The summed E-state index contributed by atoms with van der Waals surface area (Å²) >= 11 is 0. The van der Waals surface area contributed by atoms with Crippen LogP contribution in [0, 0.1) is 0 Å². The molecule has 0 saturated heterocycles.